The van der Waals surface area contributed by atoms with Crippen LogP contribution in [0.4, 0.5) is 0 Å². The lowest BCUT2D eigenvalue weighted by molar-refractivity contribution is -0.364. The van der Waals surface area contributed by atoms with Crippen molar-refractivity contribution in [2.24, 2.45) is 11.3 Å². The third-order valence-electron chi connectivity index (χ3n) is 9.22. The van der Waals surface area contributed by atoms with E-state index in [4.69, 9.17) is 33.2 Å². The molecule has 3 fully saturated rings. The molecule has 0 radical (unpaired) electrons. The minimum atomic E-state index is -2.26. The zero-order chi connectivity index (χ0) is 35.8. The zero-order valence-corrected chi connectivity index (χ0v) is 28.2. The van der Waals surface area contributed by atoms with Crippen LogP contribution in [0.15, 0.2) is 36.4 Å². The summed E-state index contributed by atoms with van der Waals surface area (Å²) < 4.78 is 41.9. The maximum Gasteiger partial charge on any atom is 0.331 e. The minimum absolute atomic E-state index is 0.444. The first-order chi connectivity index (χ1) is 22.3. The van der Waals surface area contributed by atoms with Crippen molar-refractivity contribution in [2.45, 2.75) is 109 Å². The highest BCUT2D eigenvalue weighted by atomic mass is 16.7. The number of hydrogen-bond donors (Lipinski definition) is 1. The average molecular weight is 675 g/mol. The van der Waals surface area contributed by atoms with Crippen molar-refractivity contribution in [3.05, 3.63) is 42.0 Å². The number of hydrogen-bond acceptors (Lipinski definition) is 14. The second-order valence-electron chi connectivity index (χ2n) is 13.1. The molecule has 3 aliphatic rings. The average Bonchev–Trinajstić information content (AvgIpc) is 3.15. The Kier molecular flexibility index (Phi) is 10.1. The number of esters is 6. The van der Waals surface area contributed by atoms with Gasteiger partial charge in [0.15, 0.2) is 17.8 Å². The van der Waals surface area contributed by atoms with Crippen LogP contribution < -0.4 is 0 Å². The third-order valence-corrected chi connectivity index (χ3v) is 9.22. The summed E-state index contributed by atoms with van der Waals surface area (Å²) in [5.74, 6) is -6.24. The molecular formula is C34H42O14. The number of rotatable bonds is 9. The van der Waals surface area contributed by atoms with Crippen molar-refractivity contribution in [1.82, 2.24) is 0 Å². The molecule has 1 spiro atoms. The van der Waals surface area contributed by atoms with Crippen molar-refractivity contribution in [2.75, 3.05) is 6.61 Å². The molecule has 0 amide bonds. The van der Waals surface area contributed by atoms with Crippen LogP contribution in [-0.4, -0.2) is 94.9 Å². The lowest BCUT2D eigenvalue weighted by atomic mass is 9.45. The van der Waals surface area contributed by atoms with Crippen molar-refractivity contribution in [3.63, 3.8) is 0 Å². The van der Waals surface area contributed by atoms with Gasteiger partial charge in [0.1, 0.15) is 30.3 Å². The number of fused-ring (bicyclic) bond motifs is 1. The minimum Gasteiger partial charge on any atom is -0.465 e. The van der Waals surface area contributed by atoms with Gasteiger partial charge in [0, 0.05) is 47.1 Å². The van der Waals surface area contributed by atoms with Gasteiger partial charge in [-0.15, -0.1) is 0 Å². The van der Waals surface area contributed by atoms with Gasteiger partial charge in [0.2, 0.25) is 0 Å². The van der Waals surface area contributed by atoms with Crippen LogP contribution in [0, 0.1) is 11.3 Å². The summed E-state index contributed by atoms with van der Waals surface area (Å²) in [4.78, 5) is 77.1. The normalized spacial score (nSPS) is 34.7. The van der Waals surface area contributed by atoms with Gasteiger partial charge >= 0.3 is 35.8 Å². The molecule has 14 heteroatoms. The maximum absolute atomic E-state index is 13.7. The molecular weight excluding hydrogens is 632 g/mol. The van der Waals surface area contributed by atoms with E-state index in [2.05, 4.69) is 0 Å². The van der Waals surface area contributed by atoms with E-state index in [-0.39, 0.29) is 0 Å². The summed E-state index contributed by atoms with van der Waals surface area (Å²) in [6, 6.07) is 8.78. The van der Waals surface area contributed by atoms with E-state index >= 15 is 0 Å². The van der Waals surface area contributed by atoms with Crippen LogP contribution in [0.1, 0.15) is 67.4 Å². The fourth-order valence-electron chi connectivity index (χ4n) is 7.95. The molecule has 9 atom stereocenters. The van der Waals surface area contributed by atoms with Gasteiger partial charge in [0.25, 0.3) is 0 Å². The highest BCUT2D eigenvalue weighted by Crippen LogP contribution is 2.69. The topological polar surface area (TPSA) is 187 Å². The largest absolute Gasteiger partial charge is 0.465 e. The Morgan fingerprint density at radius 2 is 1.33 bits per heavy atom. The first-order valence-corrected chi connectivity index (χ1v) is 15.5. The molecule has 2 aliphatic carbocycles. The summed E-state index contributed by atoms with van der Waals surface area (Å²) in [7, 11) is 0. The van der Waals surface area contributed by atoms with Crippen molar-refractivity contribution < 1.29 is 67.0 Å². The summed E-state index contributed by atoms with van der Waals surface area (Å²) in [6.07, 6.45) is -5.75. The SMILES string of the molecule is CC(=O)OC[C@]12[C@H](OC(C)=O)[C@@H](OC(C)=O)[C@@H]3[C@@H](OC(C)=O)[C@]1(OC3(C)C)[C@@](C)(O)C[C@H](OC(C)=O)[C@@H]2OC(=O)/C=C\c1ccccc1. The van der Waals surface area contributed by atoms with Gasteiger partial charge in [-0.1, -0.05) is 30.3 Å². The van der Waals surface area contributed by atoms with Crippen LogP contribution >= 0.6 is 0 Å². The van der Waals surface area contributed by atoms with E-state index in [1.54, 1.807) is 44.2 Å². The van der Waals surface area contributed by atoms with Crippen molar-refractivity contribution in [3.8, 4) is 0 Å². The molecule has 48 heavy (non-hydrogen) atoms. The first kappa shape index (κ1) is 36.5. The summed E-state index contributed by atoms with van der Waals surface area (Å²) >= 11 is 0. The summed E-state index contributed by atoms with van der Waals surface area (Å²) in [6.45, 7) is 9.24. The summed E-state index contributed by atoms with van der Waals surface area (Å²) in [5.41, 5.74) is -7.38. The number of aliphatic hydroxyl groups is 1. The van der Waals surface area contributed by atoms with E-state index < -0.39 is 107 Å². The number of benzene rings is 1. The molecule has 1 saturated heterocycles. The molecule has 1 heterocycles. The molecule has 262 valence electrons. The fraction of sp³-hybridized carbons (Fsp3) is 0.588. The van der Waals surface area contributed by atoms with Gasteiger partial charge in [-0.25, -0.2) is 4.79 Å². The van der Waals surface area contributed by atoms with Crippen LogP contribution in [0.3, 0.4) is 0 Å². The van der Waals surface area contributed by atoms with Gasteiger partial charge in [-0.2, -0.15) is 0 Å². The molecule has 14 nitrogen and oxygen atoms in total. The Labute approximate surface area is 278 Å². The zero-order valence-electron chi connectivity index (χ0n) is 28.2. The van der Waals surface area contributed by atoms with Gasteiger partial charge in [-0.05, 0) is 32.4 Å². The van der Waals surface area contributed by atoms with Gasteiger partial charge < -0.3 is 38.3 Å². The maximum atomic E-state index is 13.7. The number of carbonyl (C=O) groups is 6. The Balaban J connectivity index is 2.11. The highest BCUT2D eigenvalue weighted by molar-refractivity contribution is 5.87. The molecule has 4 rings (SSSR count). The molecule has 1 aliphatic heterocycles. The van der Waals surface area contributed by atoms with Gasteiger partial charge in [0.05, 0.1) is 17.1 Å². The lowest BCUT2D eigenvalue weighted by Crippen LogP contribution is -2.85. The van der Waals surface area contributed by atoms with Crippen molar-refractivity contribution in [1.29, 1.82) is 0 Å². The molecule has 1 N–H and O–H groups in total. The second kappa shape index (κ2) is 13.3. The van der Waals surface area contributed by atoms with E-state index in [0.717, 1.165) is 40.7 Å². The van der Waals surface area contributed by atoms with Crippen LogP contribution in [0.25, 0.3) is 6.08 Å². The van der Waals surface area contributed by atoms with E-state index in [0.29, 0.717) is 5.56 Å². The predicted octanol–water partition coefficient (Wildman–Crippen LogP) is 2.22. The molecule has 0 unspecified atom stereocenters. The lowest BCUT2D eigenvalue weighted by Gasteiger charge is -2.66. The van der Waals surface area contributed by atoms with E-state index in [9.17, 15) is 33.9 Å². The first-order valence-electron chi connectivity index (χ1n) is 15.5. The molecule has 2 saturated carbocycles. The second-order valence-corrected chi connectivity index (χ2v) is 13.1. The Morgan fingerprint density at radius 3 is 1.88 bits per heavy atom. The molecule has 1 aromatic rings. The van der Waals surface area contributed by atoms with E-state index in [1.165, 1.54) is 13.0 Å². The Bertz CT molecular complexity index is 1480. The Morgan fingerprint density at radius 1 is 0.771 bits per heavy atom. The van der Waals surface area contributed by atoms with E-state index in [1.807, 2.05) is 0 Å². The van der Waals surface area contributed by atoms with Crippen LogP contribution in [0.5, 0.6) is 0 Å². The molecule has 1 aromatic carbocycles. The van der Waals surface area contributed by atoms with Crippen molar-refractivity contribution >= 4 is 41.9 Å². The fourth-order valence-corrected chi connectivity index (χ4v) is 7.95. The monoisotopic (exact) mass is 674 g/mol. The molecule has 0 aromatic heterocycles. The Hall–Kier alpha value is -4.30. The number of ether oxygens (including phenoxy) is 7. The summed E-state index contributed by atoms with van der Waals surface area (Å²) in [5, 5.41) is 12.5. The number of carbonyl (C=O) groups excluding carboxylic acids is 6. The predicted molar refractivity (Wildman–Crippen MR) is 163 cm³/mol. The third kappa shape index (κ3) is 6.42. The van der Waals surface area contributed by atoms with Crippen LogP contribution in [-0.2, 0) is 61.9 Å². The smallest absolute Gasteiger partial charge is 0.331 e. The van der Waals surface area contributed by atoms with Gasteiger partial charge in [-0.3, -0.25) is 24.0 Å². The van der Waals surface area contributed by atoms with Crippen LogP contribution in [0.2, 0.25) is 0 Å². The quantitative estimate of drug-likeness (QED) is 0.228. The molecule has 2 bridgehead atoms. The standard InChI is InChI=1S/C34H42O14/c1-18(35)42-17-33-28(47-25(40)15-14-23-12-10-9-11-13-23)24(43-19(2)36)16-32(8,41)34(33)29(45-21(4)38)26(31(6,7)48-34)27(44-20(3)37)30(33)46-22(5)39/h9-15,24,26-30,41H,16-17H2,1-8H3/b15-14-/t24-,26+,27-,28-,29+,30+,32-,33-,34-/m0/s1. The highest BCUT2D eigenvalue weighted by Gasteiger charge is 2.89.